The topological polar surface area (TPSA) is 39.1 Å². The van der Waals surface area contributed by atoms with Gasteiger partial charge in [0.05, 0.1) is 6.07 Å². The molecule has 0 bridgehead atoms. The average Bonchev–Trinajstić information content (AvgIpc) is 2.27. The molecule has 1 unspecified atom stereocenters. The predicted octanol–water partition coefficient (Wildman–Crippen LogP) is 2.14. The summed E-state index contributed by atoms with van der Waals surface area (Å²) in [5.41, 5.74) is -0.369. The first-order chi connectivity index (χ1) is 7.56. The number of nitriles is 1. The molecule has 0 aliphatic carbocycles. The van der Waals surface area contributed by atoms with Crippen LogP contribution < -0.4 is 5.32 Å². The molecule has 1 fully saturated rings. The standard InChI is InChI=1S/C13H25N3/c1-12(2)15-13(3,11-14)7-10-16-8-5-4-6-9-16/h12,15H,4-10H2,1-3H3. The van der Waals surface area contributed by atoms with E-state index in [4.69, 9.17) is 0 Å². The van der Waals surface area contributed by atoms with E-state index in [1.54, 1.807) is 0 Å². The number of nitrogens with zero attached hydrogens (tertiary/aromatic N) is 2. The van der Waals surface area contributed by atoms with Gasteiger partial charge in [-0.15, -0.1) is 0 Å². The maximum atomic E-state index is 9.23. The second-order valence-electron chi connectivity index (χ2n) is 5.40. The van der Waals surface area contributed by atoms with Crippen LogP contribution in [0.2, 0.25) is 0 Å². The molecule has 0 spiro atoms. The Bertz CT molecular complexity index is 238. The van der Waals surface area contributed by atoms with Crippen LogP contribution in [0.3, 0.4) is 0 Å². The van der Waals surface area contributed by atoms with Gasteiger partial charge in [-0.25, -0.2) is 0 Å². The first-order valence-electron chi connectivity index (χ1n) is 6.47. The molecule has 0 aromatic rings. The average molecular weight is 223 g/mol. The molecule has 16 heavy (non-hydrogen) atoms. The zero-order chi connectivity index (χ0) is 12.0. The molecule has 92 valence electrons. The molecular weight excluding hydrogens is 198 g/mol. The highest BCUT2D eigenvalue weighted by molar-refractivity contribution is 5.04. The van der Waals surface area contributed by atoms with Crippen molar-refractivity contribution in [2.24, 2.45) is 0 Å². The van der Waals surface area contributed by atoms with E-state index in [0.29, 0.717) is 6.04 Å². The van der Waals surface area contributed by atoms with Crippen molar-refractivity contribution >= 4 is 0 Å². The van der Waals surface area contributed by atoms with Crippen LogP contribution in [0.4, 0.5) is 0 Å². The Labute approximate surface area is 99.8 Å². The Hall–Kier alpha value is -0.590. The second-order valence-corrected chi connectivity index (χ2v) is 5.40. The summed E-state index contributed by atoms with van der Waals surface area (Å²) in [4.78, 5) is 2.49. The minimum atomic E-state index is -0.369. The van der Waals surface area contributed by atoms with Crippen LogP contribution in [0, 0.1) is 11.3 Å². The van der Waals surface area contributed by atoms with Crippen molar-refractivity contribution in [3.8, 4) is 6.07 Å². The van der Waals surface area contributed by atoms with Crippen LogP contribution in [0.5, 0.6) is 0 Å². The Morgan fingerprint density at radius 3 is 2.44 bits per heavy atom. The zero-order valence-corrected chi connectivity index (χ0v) is 10.9. The SMILES string of the molecule is CC(C)NC(C)(C#N)CCN1CCCCC1. The lowest BCUT2D eigenvalue weighted by Crippen LogP contribution is -2.47. The summed E-state index contributed by atoms with van der Waals surface area (Å²) in [7, 11) is 0. The first kappa shape index (κ1) is 13.5. The van der Waals surface area contributed by atoms with Gasteiger partial charge in [-0.2, -0.15) is 5.26 Å². The number of rotatable bonds is 5. The molecule has 1 aliphatic heterocycles. The largest absolute Gasteiger partial charge is 0.303 e. The van der Waals surface area contributed by atoms with Crippen molar-refractivity contribution in [1.82, 2.24) is 10.2 Å². The van der Waals surface area contributed by atoms with Gasteiger partial charge in [0.25, 0.3) is 0 Å². The second kappa shape index (κ2) is 6.22. The highest BCUT2D eigenvalue weighted by Gasteiger charge is 2.25. The van der Waals surface area contributed by atoms with Gasteiger partial charge in [-0.05, 0) is 53.1 Å². The fourth-order valence-electron chi connectivity index (χ4n) is 2.36. The third-order valence-electron chi connectivity index (χ3n) is 3.23. The Morgan fingerprint density at radius 2 is 1.94 bits per heavy atom. The third-order valence-corrected chi connectivity index (χ3v) is 3.23. The Balaban J connectivity index is 2.35. The lowest BCUT2D eigenvalue weighted by atomic mass is 9.97. The maximum absolute atomic E-state index is 9.23. The molecule has 1 N–H and O–H groups in total. The molecule has 3 nitrogen and oxygen atoms in total. The van der Waals surface area contributed by atoms with Crippen LogP contribution in [-0.4, -0.2) is 36.1 Å². The smallest absolute Gasteiger partial charge is 0.105 e. The van der Waals surface area contributed by atoms with Gasteiger partial charge in [0.1, 0.15) is 5.54 Å². The van der Waals surface area contributed by atoms with E-state index in [0.717, 1.165) is 13.0 Å². The van der Waals surface area contributed by atoms with E-state index in [1.807, 2.05) is 6.92 Å². The molecule has 0 radical (unpaired) electrons. The van der Waals surface area contributed by atoms with Gasteiger partial charge in [0.2, 0.25) is 0 Å². The molecule has 3 heteroatoms. The summed E-state index contributed by atoms with van der Waals surface area (Å²) in [6, 6.07) is 2.78. The van der Waals surface area contributed by atoms with Crippen molar-refractivity contribution in [2.45, 2.75) is 58.0 Å². The molecule has 1 heterocycles. The lowest BCUT2D eigenvalue weighted by molar-refractivity contribution is 0.206. The fourth-order valence-corrected chi connectivity index (χ4v) is 2.36. The van der Waals surface area contributed by atoms with Crippen molar-refractivity contribution in [2.75, 3.05) is 19.6 Å². The molecular formula is C13H25N3. The monoisotopic (exact) mass is 223 g/mol. The minimum Gasteiger partial charge on any atom is -0.303 e. The van der Waals surface area contributed by atoms with E-state index in [-0.39, 0.29) is 5.54 Å². The van der Waals surface area contributed by atoms with Crippen LogP contribution in [-0.2, 0) is 0 Å². The minimum absolute atomic E-state index is 0.367. The van der Waals surface area contributed by atoms with Crippen molar-refractivity contribution in [3.05, 3.63) is 0 Å². The number of piperidine rings is 1. The maximum Gasteiger partial charge on any atom is 0.105 e. The predicted molar refractivity (Wildman–Crippen MR) is 67.2 cm³/mol. The molecule has 0 aromatic heterocycles. The highest BCUT2D eigenvalue weighted by atomic mass is 15.1. The molecule has 0 aromatic carbocycles. The Kier molecular flexibility index (Phi) is 5.24. The van der Waals surface area contributed by atoms with E-state index < -0.39 is 0 Å². The Morgan fingerprint density at radius 1 is 1.31 bits per heavy atom. The van der Waals surface area contributed by atoms with E-state index in [1.165, 1.54) is 32.4 Å². The van der Waals surface area contributed by atoms with Gasteiger partial charge in [-0.1, -0.05) is 6.42 Å². The van der Waals surface area contributed by atoms with Crippen molar-refractivity contribution in [1.29, 1.82) is 5.26 Å². The molecule has 1 saturated heterocycles. The number of nitrogens with one attached hydrogen (secondary N) is 1. The van der Waals surface area contributed by atoms with Gasteiger partial charge < -0.3 is 4.90 Å². The summed E-state index contributed by atoms with van der Waals surface area (Å²) in [6.07, 6.45) is 4.93. The number of likely N-dealkylation sites (tertiary alicyclic amines) is 1. The number of hydrogen-bond donors (Lipinski definition) is 1. The van der Waals surface area contributed by atoms with E-state index >= 15 is 0 Å². The van der Waals surface area contributed by atoms with Gasteiger partial charge in [0, 0.05) is 12.6 Å². The summed E-state index contributed by atoms with van der Waals surface area (Å²) < 4.78 is 0. The molecule has 0 amide bonds. The van der Waals surface area contributed by atoms with Crippen molar-refractivity contribution in [3.63, 3.8) is 0 Å². The van der Waals surface area contributed by atoms with Crippen LogP contribution in [0.15, 0.2) is 0 Å². The molecule has 1 aliphatic rings. The van der Waals surface area contributed by atoms with E-state index in [2.05, 4.69) is 30.1 Å². The van der Waals surface area contributed by atoms with Crippen LogP contribution >= 0.6 is 0 Å². The van der Waals surface area contributed by atoms with Crippen molar-refractivity contribution < 1.29 is 0 Å². The zero-order valence-electron chi connectivity index (χ0n) is 10.9. The normalized spacial score (nSPS) is 21.7. The summed E-state index contributed by atoms with van der Waals surface area (Å²) in [6.45, 7) is 9.67. The quantitative estimate of drug-likeness (QED) is 0.776. The van der Waals surface area contributed by atoms with E-state index in [9.17, 15) is 5.26 Å². The van der Waals surface area contributed by atoms with Gasteiger partial charge >= 0.3 is 0 Å². The third kappa shape index (κ3) is 4.51. The highest BCUT2D eigenvalue weighted by Crippen LogP contribution is 2.14. The van der Waals surface area contributed by atoms with Gasteiger partial charge in [0.15, 0.2) is 0 Å². The first-order valence-corrected chi connectivity index (χ1v) is 6.47. The number of hydrogen-bond acceptors (Lipinski definition) is 3. The van der Waals surface area contributed by atoms with Gasteiger partial charge in [-0.3, -0.25) is 5.32 Å². The summed E-state index contributed by atoms with van der Waals surface area (Å²) in [5.74, 6) is 0. The summed E-state index contributed by atoms with van der Waals surface area (Å²) >= 11 is 0. The fraction of sp³-hybridized carbons (Fsp3) is 0.923. The van der Waals surface area contributed by atoms with Crippen LogP contribution in [0.25, 0.3) is 0 Å². The van der Waals surface area contributed by atoms with Crippen LogP contribution in [0.1, 0.15) is 46.5 Å². The summed E-state index contributed by atoms with van der Waals surface area (Å²) in [5, 5.41) is 12.6. The molecule has 1 atom stereocenters. The lowest BCUT2D eigenvalue weighted by Gasteiger charge is -2.31. The molecule has 1 rings (SSSR count). The molecule has 0 saturated carbocycles.